The third-order valence-corrected chi connectivity index (χ3v) is 5.23. The molecular formula is C20H25N5O2. The van der Waals surface area contributed by atoms with Crippen molar-refractivity contribution < 1.29 is 9.53 Å². The molecule has 142 valence electrons. The van der Waals surface area contributed by atoms with E-state index in [0.717, 1.165) is 63.0 Å². The van der Waals surface area contributed by atoms with Gasteiger partial charge in [0.2, 0.25) is 0 Å². The summed E-state index contributed by atoms with van der Waals surface area (Å²) in [6.45, 7) is 6.60. The Hall–Kier alpha value is -2.54. The third-order valence-electron chi connectivity index (χ3n) is 5.23. The molecule has 1 amide bonds. The molecule has 4 rings (SSSR count). The molecule has 0 N–H and O–H groups in total. The number of carbonyl (C=O) groups excluding carboxylic acids is 1. The van der Waals surface area contributed by atoms with Crippen molar-refractivity contribution in [1.29, 1.82) is 0 Å². The van der Waals surface area contributed by atoms with Crippen LogP contribution < -0.4 is 4.90 Å². The predicted octanol–water partition coefficient (Wildman–Crippen LogP) is 2.04. The van der Waals surface area contributed by atoms with E-state index in [9.17, 15) is 4.79 Å². The van der Waals surface area contributed by atoms with E-state index in [-0.39, 0.29) is 11.8 Å². The van der Waals surface area contributed by atoms with Gasteiger partial charge in [-0.2, -0.15) is 0 Å². The van der Waals surface area contributed by atoms with Gasteiger partial charge < -0.3 is 14.5 Å². The summed E-state index contributed by atoms with van der Waals surface area (Å²) in [7, 11) is 0. The van der Waals surface area contributed by atoms with Crippen LogP contribution >= 0.6 is 0 Å². The van der Waals surface area contributed by atoms with Gasteiger partial charge in [-0.1, -0.05) is 0 Å². The Morgan fingerprint density at radius 2 is 1.93 bits per heavy atom. The van der Waals surface area contributed by atoms with Crippen molar-refractivity contribution in [1.82, 2.24) is 19.9 Å². The SMILES string of the molecule is Cc1nc([C@H]2CCCN(C(=O)c3ccncc3)C2)cc(N2CCOCC2)n1. The first-order valence-corrected chi connectivity index (χ1v) is 9.58. The van der Waals surface area contributed by atoms with Gasteiger partial charge in [0, 0.05) is 56.1 Å². The van der Waals surface area contributed by atoms with E-state index in [0.29, 0.717) is 12.1 Å². The molecule has 0 radical (unpaired) electrons. The highest BCUT2D eigenvalue weighted by molar-refractivity contribution is 5.94. The van der Waals surface area contributed by atoms with Crippen LogP contribution in [0.4, 0.5) is 5.82 Å². The standard InChI is InChI=1S/C20H25N5O2/c1-15-22-18(13-19(23-15)24-9-11-27-12-10-24)17-3-2-8-25(14-17)20(26)16-4-6-21-7-5-16/h4-7,13,17H,2-3,8-12,14H2,1H3/t17-/m0/s1. The van der Waals surface area contributed by atoms with Gasteiger partial charge in [0.05, 0.1) is 18.9 Å². The van der Waals surface area contributed by atoms with Gasteiger partial charge in [0.25, 0.3) is 5.91 Å². The predicted molar refractivity (Wildman–Crippen MR) is 102 cm³/mol. The van der Waals surface area contributed by atoms with Gasteiger partial charge in [-0.05, 0) is 31.9 Å². The molecule has 2 aliphatic rings. The average Bonchev–Trinajstić information content (AvgIpc) is 2.74. The van der Waals surface area contributed by atoms with Crippen molar-refractivity contribution in [3.8, 4) is 0 Å². The molecule has 0 spiro atoms. The van der Waals surface area contributed by atoms with Crippen molar-refractivity contribution in [2.75, 3.05) is 44.3 Å². The molecule has 0 aliphatic carbocycles. The summed E-state index contributed by atoms with van der Waals surface area (Å²) in [5.41, 5.74) is 1.73. The lowest BCUT2D eigenvalue weighted by Crippen LogP contribution is -2.40. The van der Waals surface area contributed by atoms with Crippen molar-refractivity contribution in [2.45, 2.75) is 25.7 Å². The minimum absolute atomic E-state index is 0.0706. The largest absolute Gasteiger partial charge is 0.378 e. The molecule has 7 heteroatoms. The minimum atomic E-state index is 0.0706. The number of likely N-dealkylation sites (tertiary alicyclic amines) is 1. The molecule has 0 saturated carbocycles. The quantitative estimate of drug-likeness (QED) is 0.827. The highest BCUT2D eigenvalue weighted by atomic mass is 16.5. The topological polar surface area (TPSA) is 71.5 Å². The number of morpholine rings is 1. The number of aromatic nitrogens is 3. The first kappa shape index (κ1) is 17.9. The third kappa shape index (κ3) is 4.08. The average molecular weight is 367 g/mol. The molecule has 2 aromatic rings. The monoisotopic (exact) mass is 367 g/mol. The molecule has 2 aliphatic heterocycles. The Morgan fingerprint density at radius 3 is 2.70 bits per heavy atom. The minimum Gasteiger partial charge on any atom is -0.378 e. The molecular weight excluding hydrogens is 342 g/mol. The molecule has 2 saturated heterocycles. The summed E-state index contributed by atoms with van der Waals surface area (Å²) in [5.74, 6) is 2.07. The summed E-state index contributed by atoms with van der Waals surface area (Å²) in [6, 6.07) is 5.65. The second-order valence-corrected chi connectivity index (χ2v) is 7.12. The van der Waals surface area contributed by atoms with E-state index in [1.165, 1.54) is 0 Å². The fourth-order valence-corrected chi connectivity index (χ4v) is 3.82. The van der Waals surface area contributed by atoms with Gasteiger partial charge in [-0.25, -0.2) is 9.97 Å². The fraction of sp³-hybridized carbons (Fsp3) is 0.500. The van der Waals surface area contributed by atoms with Crippen LogP contribution in [0.3, 0.4) is 0 Å². The molecule has 0 aromatic carbocycles. The normalized spacial score (nSPS) is 20.6. The van der Waals surface area contributed by atoms with Crippen molar-refractivity contribution in [3.05, 3.63) is 47.7 Å². The number of rotatable bonds is 3. The first-order chi connectivity index (χ1) is 13.2. The number of nitrogens with zero attached hydrogens (tertiary/aromatic N) is 5. The molecule has 1 atom stereocenters. The smallest absolute Gasteiger partial charge is 0.253 e. The second kappa shape index (κ2) is 8.00. The molecule has 7 nitrogen and oxygen atoms in total. The molecule has 0 unspecified atom stereocenters. The maximum atomic E-state index is 12.8. The molecule has 2 fully saturated rings. The Labute approximate surface area is 159 Å². The second-order valence-electron chi connectivity index (χ2n) is 7.12. The zero-order chi connectivity index (χ0) is 18.6. The van der Waals surface area contributed by atoms with E-state index < -0.39 is 0 Å². The molecule has 27 heavy (non-hydrogen) atoms. The number of carbonyl (C=O) groups is 1. The van der Waals surface area contributed by atoms with Gasteiger partial charge in [-0.3, -0.25) is 9.78 Å². The van der Waals surface area contributed by atoms with Crippen LogP contribution in [-0.4, -0.2) is 65.2 Å². The number of hydrogen-bond acceptors (Lipinski definition) is 6. The van der Waals surface area contributed by atoms with Crippen molar-refractivity contribution >= 4 is 11.7 Å². The lowest BCUT2D eigenvalue weighted by Gasteiger charge is -2.33. The van der Waals surface area contributed by atoms with Crippen LogP contribution in [0.15, 0.2) is 30.6 Å². The maximum absolute atomic E-state index is 12.8. The van der Waals surface area contributed by atoms with Crippen LogP contribution in [0.1, 0.15) is 40.6 Å². The van der Waals surface area contributed by atoms with Crippen LogP contribution in [0.2, 0.25) is 0 Å². The number of anilines is 1. The van der Waals surface area contributed by atoms with Gasteiger partial charge in [0.1, 0.15) is 11.6 Å². The lowest BCUT2D eigenvalue weighted by atomic mass is 9.94. The van der Waals surface area contributed by atoms with Crippen LogP contribution in [0.25, 0.3) is 0 Å². The Bertz CT molecular complexity index is 792. The summed E-state index contributed by atoms with van der Waals surface area (Å²) < 4.78 is 5.45. The molecule has 2 aromatic heterocycles. The lowest BCUT2D eigenvalue weighted by molar-refractivity contribution is 0.0705. The summed E-state index contributed by atoms with van der Waals surface area (Å²) in [5, 5.41) is 0. The van der Waals surface area contributed by atoms with Gasteiger partial charge in [-0.15, -0.1) is 0 Å². The van der Waals surface area contributed by atoms with E-state index in [4.69, 9.17) is 9.72 Å². The van der Waals surface area contributed by atoms with E-state index in [2.05, 4.69) is 20.9 Å². The maximum Gasteiger partial charge on any atom is 0.253 e. The molecule has 4 heterocycles. The van der Waals surface area contributed by atoms with Crippen LogP contribution in [0.5, 0.6) is 0 Å². The fourth-order valence-electron chi connectivity index (χ4n) is 3.82. The van der Waals surface area contributed by atoms with Crippen molar-refractivity contribution in [2.24, 2.45) is 0 Å². The number of ether oxygens (including phenoxy) is 1. The highest BCUT2D eigenvalue weighted by Crippen LogP contribution is 2.28. The number of aryl methyl sites for hydroxylation is 1. The van der Waals surface area contributed by atoms with E-state index in [1.807, 2.05) is 11.8 Å². The number of piperidine rings is 1. The van der Waals surface area contributed by atoms with Gasteiger partial charge >= 0.3 is 0 Å². The van der Waals surface area contributed by atoms with E-state index >= 15 is 0 Å². The number of amides is 1. The highest BCUT2D eigenvalue weighted by Gasteiger charge is 2.27. The first-order valence-electron chi connectivity index (χ1n) is 9.58. The summed E-state index contributed by atoms with van der Waals surface area (Å²) in [4.78, 5) is 30.3. The van der Waals surface area contributed by atoms with E-state index in [1.54, 1.807) is 24.5 Å². The Morgan fingerprint density at radius 1 is 1.15 bits per heavy atom. The number of pyridine rings is 1. The summed E-state index contributed by atoms with van der Waals surface area (Å²) in [6.07, 6.45) is 5.35. The van der Waals surface area contributed by atoms with Crippen LogP contribution in [0, 0.1) is 6.92 Å². The van der Waals surface area contributed by atoms with Crippen LogP contribution in [-0.2, 0) is 4.74 Å². The van der Waals surface area contributed by atoms with Gasteiger partial charge in [0.15, 0.2) is 0 Å². The Balaban J connectivity index is 1.52. The zero-order valence-electron chi connectivity index (χ0n) is 15.7. The Kier molecular flexibility index (Phi) is 5.29. The van der Waals surface area contributed by atoms with Crippen molar-refractivity contribution in [3.63, 3.8) is 0 Å². The molecule has 0 bridgehead atoms. The summed E-state index contributed by atoms with van der Waals surface area (Å²) >= 11 is 0. The zero-order valence-corrected chi connectivity index (χ0v) is 15.7. The number of hydrogen-bond donors (Lipinski definition) is 0.